The molecule has 1 heterocycles. The Bertz CT molecular complexity index is 746. The number of amides is 2. The minimum Gasteiger partial charge on any atom is -0.342 e. The van der Waals surface area contributed by atoms with Gasteiger partial charge in [-0.25, -0.2) is 8.42 Å². The van der Waals surface area contributed by atoms with Crippen molar-refractivity contribution >= 4 is 27.3 Å². The predicted octanol–water partition coefficient (Wildman–Crippen LogP) is 2.25. The zero-order chi connectivity index (χ0) is 19.2. The SMILES string of the molecule is CCc1cccc(NC(=O)CCC(=O)N2CCCC(CS(C)(=O)=O)C2)c1. The van der Waals surface area contributed by atoms with Crippen molar-refractivity contribution in [2.45, 2.75) is 39.0 Å². The van der Waals surface area contributed by atoms with Crippen molar-refractivity contribution in [3.8, 4) is 0 Å². The summed E-state index contributed by atoms with van der Waals surface area (Å²) in [5.74, 6) is -0.157. The Labute approximate surface area is 155 Å². The molecule has 1 unspecified atom stereocenters. The van der Waals surface area contributed by atoms with Gasteiger partial charge in [0.25, 0.3) is 0 Å². The first-order valence-electron chi connectivity index (χ1n) is 9.11. The van der Waals surface area contributed by atoms with Crippen LogP contribution < -0.4 is 5.32 Å². The lowest BCUT2D eigenvalue weighted by Crippen LogP contribution is -2.42. The average molecular weight is 381 g/mol. The van der Waals surface area contributed by atoms with E-state index in [9.17, 15) is 18.0 Å². The van der Waals surface area contributed by atoms with Gasteiger partial charge in [0.15, 0.2) is 0 Å². The maximum atomic E-state index is 12.4. The first-order valence-corrected chi connectivity index (χ1v) is 11.2. The fourth-order valence-electron chi connectivity index (χ4n) is 3.33. The molecule has 1 aromatic carbocycles. The number of benzene rings is 1. The van der Waals surface area contributed by atoms with E-state index in [1.165, 1.54) is 6.26 Å². The van der Waals surface area contributed by atoms with Gasteiger partial charge in [0.05, 0.1) is 5.75 Å². The van der Waals surface area contributed by atoms with E-state index in [1.807, 2.05) is 24.3 Å². The number of nitrogens with one attached hydrogen (secondary N) is 1. The molecule has 0 saturated carbocycles. The van der Waals surface area contributed by atoms with E-state index >= 15 is 0 Å². The molecular formula is C19H28N2O4S. The summed E-state index contributed by atoms with van der Waals surface area (Å²) >= 11 is 0. The van der Waals surface area contributed by atoms with E-state index < -0.39 is 9.84 Å². The number of hydrogen-bond donors (Lipinski definition) is 1. The summed E-state index contributed by atoms with van der Waals surface area (Å²) in [5, 5.41) is 2.83. The van der Waals surface area contributed by atoms with Gasteiger partial charge in [0.1, 0.15) is 9.84 Å². The molecule has 0 radical (unpaired) electrons. The lowest BCUT2D eigenvalue weighted by atomic mass is 9.99. The van der Waals surface area contributed by atoms with Gasteiger partial charge >= 0.3 is 0 Å². The summed E-state index contributed by atoms with van der Waals surface area (Å²) in [7, 11) is -3.04. The molecule has 2 amide bonds. The number of likely N-dealkylation sites (tertiary alicyclic amines) is 1. The molecule has 1 N–H and O–H groups in total. The third-order valence-corrected chi connectivity index (χ3v) is 5.67. The largest absolute Gasteiger partial charge is 0.342 e. The molecule has 2 rings (SSSR count). The van der Waals surface area contributed by atoms with Crippen LogP contribution in [0.3, 0.4) is 0 Å². The standard InChI is InChI=1S/C19H28N2O4S/c1-3-15-6-4-8-17(12-15)20-18(22)9-10-19(23)21-11-5-7-16(13-21)14-26(2,24)25/h4,6,8,12,16H,3,5,7,9-11,13-14H2,1-2H3,(H,20,22). The van der Waals surface area contributed by atoms with Crippen LogP contribution >= 0.6 is 0 Å². The molecule has 0 bridgehead atoms. The second kappa shape index (κ2) is 9.16. The molecule has 1 saturated heterocycles. The Morgan fingerprint density at radius 2 is 2.04 bits per heavy atom. The molecule has 1 aliphatic heterocycles. The minimum atomic E-state index is -3.04. The van der Waals surface area contributed by atoms with Gasteiger partial charge < -0.3 is 10.2 Å². The van der Waals surface area contributed by atoms with E-state index in [4.69, 9.17) is 0 Å². The molecule has 6 nitrogen and oxygen atoms in total. The van der Waals surface area contributed by atoms with Crippen molar-refractivity contribution in [2.75, 3.05) is 30.4 Å². The van der Waals surface area contributed by atoms with Crippen molar-refractivity contribution in [1.29, 1.82) is 0 Å². The number of aryl methyl sites for hydroxylation is 1. The second-order valence-corrected chi connectivity index (χ2v) is 9.23. The van der Waals surface area contributed by atoms with Crippen molar-refractivity contribution in [1.82, 2.24) is 4.90 Å². The highest BCUT2D eigenvalue weighted by Gasteiger charge is 2.26. The highest BCUT2D eigenvalue weighted by molar-refractivity contribution is 7.90. The van der Waals surface area contributed by atoms with E-state index in [0.29, 0.717) is 13.1 Å². The molecule has 1 aliphatic rings. The average Bonchev–Trinajstić information content (AvgIpc) is 2.58. The van der Waals surface area contributed by atoms with E-state index in [-0.39, 0.29) is 36.3 Å². The van der Waals surface area contributed by atoms with E-state index in [1.54, 1.807) is 4.90 Å². The van der Waals surface area contributed by atoms with Crippen LogP contribution in [0, 0.1) is 5.92 Å². The molecule has 1 fully saturated rings. The van der Waals surface area contributed by atoms with Gasteiger partial charge in [-0.15, -0.1) is 0 Å². The smallest absolute Gasteiger partial charge is 0.224 e. The molecule has 7 heteroatoms. The van der Waals surface area contributed by atoms with E-state index in [0.717, 1.165) is 30.5 Å². The third kappa shape index (κ3) is 6.78. The molecule has 0 spiro atoms. The summed E-state index contributed by atoms with van der Waals surface area (Å²) < 4.78 is 22.9. The van der Waals surface area contributed by atoms with Crippen LogP contribution in [0.1, 0.15) is 38.2 Å². The van der Waals surface area contributed by atoms with Crippen LogP contribution in [-0.4, -0.2) is 50.2 Å². The summed E-state index contributed by atoms with van der Waals surface area (Å²) in [5.41, 5.74) is 1.89. The number of carbonyl (C=O) groups is 2. The van der Waals surface area contributed by atoms with Crippen molar-refractivity contribution in [3.63, 3.8) is 0 Å². The van der Waals surface area contributed by atoms with Crippen LogP contribution in [0.4, 0.5) is 5.69 Å². The lowest BCUT2D eigenvalue weighted by molar-refractivity contribution is -0.134. The molecule has 0 aromatic heterocycles. The summed E-state index contributed by atoms with van der Waals surface area (Å²) in [6.45, 7) is 3.15. The third-order valence-electron chi connectivity index (χ3n) is 4.60. The number of anilines is 1. The maximum absolute atomic E-state index is 12.4. The van der Waals surface area contributed by atoms with Gasteiger partial charge in [-0.2, -0.15) is 0 Å². The Morgan fingerprint density at radius 3 is 2.73 bits per heavy atom. The molecular weight excluding hydrogens is 352 g/mol. The van der Waals surface area contributed by atoms with Crippen LogP contribution in [0.15, 0.2) is 24.3 Å². The quantitative estimate of drug-likeness (QED) is 0.786. The first-order chi connectivity index (χ1) is 12.3. The monoisotopic (exact) mass is 380 g/mol. The lowest BCUT2D eigenvalue weighted by Gasteiger charge is -2.32. The molecule has 26 heavy (non-hydrogen) atoms. The first kappa shape index (κ1) is 20.4. The number of hydrogen-bond acceptors (Lipinski definition) is 4. The Morgan fingerprint density at radius 1 is 1.27 bits per heavy atom. The predicted molar refractivity (Wildman–Crippen MR) is 103 cm³/mol. The fraction of sp³-hybridized carbons (Fsp3) is 0.579. The second-order valence-electron chi connectivity index (χ2n) is 7.04. The number of carbonyl (C=O) groups excluding carboxylic acids is 2. The van der Waals surface area contributed by atoms with E-state index in [2.05, 4.69) is 12.2 Å². The summed E-state index contributed by atoms with van der Waals surface area (Å²) in [6, 6.07) is 7.66. The van der Waals surface area contributed by atoms with Gasteiger partial charge in [-0.05, 0) is 42.9 Å². The highest BCUT2D eigenvalue weighted by Crippen LogP contribution is 2.19. The number of rotatable bonds is 7. The van der Waals surface area contributed by atoms with Gasteiger partial charge in [-0.3, -0.25) is 9.59 Å². The van der Waals surface area contributed by atoms with Crippen molar-refractivity contribution < 1.29 is 18.0 Å². The summed E-state index contributed by atoms with van der Waals surface area (Å²) in [4.78, 5) is 26.2. The van der Waals surface area contributed by atoms with Crippen LogP contribution in [-0.2, 0) is 25.8 Å². The van der Waals surface area contributed by atoms with Crippen molar-refractivity contribution in [2.24, 2.45) is 5.92 Å². The fourth-order valence-corrected chi connectivity index (χ4v) is 4.46. The van der Waals surface area contributed by atoms with Gasteiger partial charge in [-0.1, -0.05) is 19.1 Å². The van der Waals surface area contributed by atoms with Crippen LogP contribution in [0.2, 0.25) is 0 Å². The molecule has 144 valence electrons. The zero-order valence-electron chi connectivity index (χ0n) is 15.5. The Balaban J connectivity index is 1.80. The normalized spacial score (nSPS) is 17.8. The zero-order valence-corrected chi connectivity index (χ0v) is 16.3. The Kier molecular flexibility index (Phi) is 7.20. The van der Waals surface area contributed by atoms with Gasteiger partial charge in [0, 0.05) is 37.9 Å². The van der Waals surface area contributed by atoms with Crippen LogP contribution in [0.25, 0.3) is 0 Å². The minimum absolute atomic E-state index is 0.00619. The Hall–Kier alpha value is -1.89. The number of piperidine rings is 1. The van der Waals surface area contributed by atoms with Crippen LogP contribution in [0.5, 0.6) is 0 Å². The van der Waals surface area contributed by atoms with Gasteiger partial charge in [0.2, 0.25) is 11.8 Å². The molecule has 1 atom stereocenters. The number of sulfone groups is 1. The topological polar surface area (TPSA) is 83.6 Å². The number of nitrogens with zero attached hydrogens (tertiary/aromatic N) is 1. The molecule has 1 aromatic rings. The van der Waals surface area contributed by atoms with Crippen molar-refractivity contribution in [3.05, 3.63) is 29.8 Å². The highest BCUT2D eigenvalue weighted by atomic mass is 32.2. The maximum Gasteiger partial charge on any atom is 0.224 e. The summed E-state index contributed by atoms with van der Waals surface area (Å²) in [6.07, 6.45) is 4.03. The molecule has 0 aliphatic carbocycles.